The van der Waals surface area contributed by atoms with Gasteiger partial charge >= 0.3 is 0 Å². The molecule has 11 heavy (non-hydrogen) atoms. The Morgan fingerprint density at radius 2 is 2.18 bits per heavy atom. The zero-order valence-electron chi connectivity index (χ0n) is 5.80. The van der Waals surface area contributed by atoms with Crippen molar-refractivity contribution in [3.63, 3.8) is 0 Å². The van der Waals surface area contributed by atoms with Crippen LogP contribution in [0.15, 0.2) is 4.99 Å². The minimum atomic E-state index is 0. The van der Waals surface area contributed by atoms with E-state index in [1.165, 1.54) is 5.23 Å². The lowest BCUT2D eigenvalue weighted by atomic mass is 10.7. The third kappa shape index (κ3) is 3.99. The van der Waals surface area contributed by atoms with Crippen molar-refractivity contribution in [2.24, 2.45) is 16.7 Å². The topological polar surface area (TPSA) is 82.9 Å². The van der Waals surface area contributed by atoms with Crippen molar-refractivity contribution < 1.29 is 0 Å². The van der Waals surface area contributed by atoms with Gasteiger partial charge in [0.2, 0.25) is 0 Å². The SMILES string of the molecule is Br.Br.NNN(N)N1C=NCC1. The molecule has 5 N–H and O–H groups in total. The van der Waals surface area contributed by atoms with Crippen molar-refractivity contribution in [2.75, 3.05) is 13.1 Å². The van der Waals surface area contributed by atoms with Crippen molar-refractivity contribution in [1.29, 1.82) is 0 Å². The van der Waals surface area contributed by atoms with E-state index in [9.17, 15) is 0 Å². The van der Waals surface area contributed by atoms with Gasteiger partial charge in [-0.15, -0.1) is 34.0 Å². The van der Waals surface area contributed by atoms with Gasteiger partial charge in [-0.3, -0.25) is 15.8 Å². The van der Waals surface area contributed by atoms with E-state index in [2.05, 4.69) is 10.5 Å². The third-order valence-corrected chi connectivity index (χ3v) is 1.08. The molecule has 0 saturated carbocycles. The average molecular weight is 292 g/mol. The van der Waals surface area contributed by atoms with Crippen molar-refractivity contribution in [1.82, 2.24) is 15.8 Å². The lowest BCUT2D eigenvalue weighted by Crippen LogP contribution is -2.57. The number of rotatable bonds is 2. The van der Waals surface area contributed by atoms with E-state index in [-0.39, 0.29) is 34.0 Å². The summed E-state index contributed by atoms with van der Waals surface area (Å²) in [4.78, 5) is 3.92. The molecule has 1 aliphatic rings. The second-order valence-corrected chi connectivity index (χ2v) is 1.66. The molecular weight excluding hydrogens is 280 g/mol. The molecule has 0 aromatic rings. The lowest BCUT2D eigenvalue weighted by Gasteiger charge is -2.23. The zero-order valence-corrected chi connectivity index (χ0v) is 9.23. The standard InChI is InChI=1S/C3H10N6.2BrH/c4-7-9(5)8-2-1-6-3-8;;/h3,7H,1-2,4-5H2;2*1H. The quantitative estimate of drug-likeness (QED) is 0.447. The van der Waals surface area contributed by atoms with Gasteiger partial charge in [-0.05, 0) is 0 Å². The van der Waals surface area contributed by atoms with Crippen LogP contribution >= 0.6 is 34.0 Å². The summed E-state index contributed by atoms with van der Waals surface area (Å²) in [6.07, 6.45) is 1.62. The number of hydrazine groups is 4. The molecule has 1 rings (SSSR count). The van der Waals surface area contributed by atoms with Gasteiger partial charge in [0.1, 0.15) is 6.34 Å². The number of hydrogen-bond donors (Lipinski definition) is 3. The van der Waals surface area contributed by atoms with Crippen LogP contribution in [0, 0.1) is 0 Å². The van der Waals surface area contributed by atoms with Gasteiger partial charge in [0.05, 0.1) is 13.1 Å². The second-order valence-electron chi connectivity index (χ2n) is 1.66. The highest BCUT2D eigenvalue weighted by Gasteiger charge is 2.08. The molecule has 1 heterocycles. The number of nitrogens with one attached hydrogen (secondary N) is 1. The molecule has 6 nitrogen and oxygen atoms in total. The maximum Gasteiger partial charge on any atom is 0.102 e. The van der Waals surface area contributed by atoms with Crippen LogP contribution in [0.4, 0.5) is 0 Å². The third-order valence-electron chi connectivity index (χ3n) is 1.08. The molecule has 0 aliphatic carbocycles. The molecule has 0 atom stereocenters. The van der Waals surface area contributed by atoms with Crippen molar-refractivity contribution in [2.45, 2.75) is 0 Å². The monoisotopic (exact) mass is 290 g/mol. The smallest absolute Gasteiger partial charge is 0.102 e. The minimum Gasteiger partial charge on any atom is -0.272 e. The molecular formula is C3H12Br2N6. The van der Waals surface area contributed by atoms with Gasteiger partial charge < -0.3 is 0 Å². The first-order valence-corrected chi connectivity index (χ1v) is 2.62. The molecule has 0 saturated heterocycles. The summed E-state index contributed by atoms with van der Waals surface area (Å²) in [5, 5.41) is 2.84. The van der Waals surface area contributed by atoms with E-state index in [0.29, 0.717) is 0 Å². The fourth-order valence-electron chi connectivity index (χ4n) is 0.607. The van der Waals surface area contributed by atoms with E-state index in [0.717, 1.165) is 13.1 Å². The van der Waals surface area contributed by atoms with Crippen LogP contribution in [0.25, 0.3) is 0 Å². The molecule has 0 fully saturated rings. The van der Waals surface area contributed by atoms with Crippen molar-refractivity contribution in [3.05, 3.63) is 0 Å². The highest BCUT2D eigenvalue weighted by Crippen LogP contribution is 1.90. The van der Waals surface area contributed by atoms with Crippen LogP contribution < -0.4 is 17.2 Å². The maximum atomic E-state index is 5.31. The van der Waals surface area contributed by atoms with Gasteiger partial charge in [-0.25, -0.2) is 5.84 Å². The van der Waals surface area contributed by atoms with E-state index in [1.54, 1.807) is 11.3 Å². The van der Waals surface area contributed by atoms with Crippen LogP contribution in [0.3, 0.4) is 0 Å². The van der Waals surface area contributed by atoms with Crippen LogP contribution in [0.1, 0.15) is 0 Å². The van der Waals surface area contributed by atoms with E-state index in [4.69, 9.17) is 11.7 Å². The molecule has 0 unspecified atom stereocenters. The number of nitrogens with two attached hydrogens (primary N) is 2. The summed E-state index contributed by atoms with van der Waals surface area (Å²) in [7, 11) is 0. The first kappa shape index (κ1) is 13.8. The number of halogens is 2. The second kappa shape index (κ2) is 6.95. The summed E-state index contributed by atoms with van der Waals surface area (Å²) < 4.78 is 0. The lowest BCUT2D eigenvalue weighted by molar-refractivity contribution is 0.00104. The van der Waals surface area contributed by atoms with Gasteiger partial charge in [-0.1, -0.05) is 5.23 Å². The van der Waals surface area contributed by atoms with Crippen molar-refractivity contribution >= 4 is 40.3 Å². The molecule has 0 aromatic heterocycles. The Balaban J connectivity index is 0. The largest absolute Gasteiger partial charge is 0.272 e. The van der Waals surface area contributed by atoms with E-state index < -0.39 is 0 Å². The Morgan fingerprint density at radius 1 is 1.55 bits per heavy atom. The fourth-order valence-corrected chi connectivity index (χ4v) is 0.607. The number of hydrogen-bond acceptors (Lipinski definition) is 6. The van der Waals surface area contributed by atoms with Gasteiger partial charge in [0, 0.05) is 0 Å². The first-order valence-electron chi connectivity index (χ1n) is 2.62. The maximum absolute atomic E-state index is 5.31. The normalized spacial score (nSPS) is 14.6. The van der Waals surface area contributed by atoms with Gasteiger partial charge in [0.25, 0.3) is 0 Å². The van der Waals surface area contributed by atoms with Gasteiger partial charge in [0.15, 0.2) is 0 Å². The molecule has 0 spiro atoms. The molecule has 0 aromatic carbocycles. The predicted octanol–water partition coefficient (Wildman–Crippen LogP) is -1.04. The molecule has 68 valence electrons. The number of nitrogens with zero attached hydrogens (tertiary/aromatic N) is 3. The Hall–Kier alpha value is 0.270. The summed E-state index contributed by atoms with van der Waals surface area (Å²) in [5.41, 5.74) is 2.25. The number of aliphatic imine (C=N–C) groups is 1. The summed E-state index contributed by atoms with van der Waals surface area (Å²) in [6.45, 7) is 1.55. The minimum absolute atomic E-state index is 0. The van der Waals surface area contributed by atoms with E-state index in [1.807, 2.05) is 0 Å². The molecule has 0 amide bonds. The Labute approximate surface area is 86.0 Å². The summed E-state index contributed by atoms with van der Waals surface area (Å²) in [6, 6.07) is 0. The Morgan fingerprint density at radius 3 is 2.55 bits per heavy atom. The predicted molar refractivity (Wildman–Crippen MR) is 54.1 cm³/mol. The van der Waals surface area contributed by atoms with E-state index >= 15 is 0 Å². The molecule has 1 aliphatic heterocycles. The van der Waals surface area contributed by atoms with Gasteiger partial charge in [-0.2, -0.15) is 5.53 Å². The van der Waals surface area contributed by atoms with Crippen LogP contribution in [-0.2, 0) is 0 Å². The van der Waals surface area contributed by atoms with Crippen LogP contribution in [0.5, 0.6) is 0 Å². The average Bonchev–Trinajstić information content (AvgIpc) is 2.37. The molecule has 0 radical (unpaired) electrons. The zero-order chi connectivity index (χ0) is 6.69. The first-order chi connectivity index (χ1) is 4.34. The van der Waals surface area contributed by atoms with Crippen LogP contribution in [-0.4, -0.2) is 29.7 Å². The highest BCUT2D eigenvalue weighted by atomic mass is 79.9. The van der Waals surface area contributed by atoms with Crippen molar-refractivity contribution in [3.8, 4) is 0 Å². The summed E-state index contributed by atoms with van der Waals surface area (Å²) >= 11 is 0. The fraction of sp³-hybridized carbons (Fsp3) is 0.667. The highest BCUT2D eigenvalue weighted by molar-refractivity contribution is 8.93. The molecule has 8 heteroatoms. The Kier molecular flexibility index (Phi) is 8.74. The van der Waals surface area contributed by atoms with Crippen LogP contribution in [0.2, 0.25) is 0 Å². The Bertz CT molecular complexity index is 118. The molecule has 0 bridgehead atoms. The summed E-state index contributed by atoms with van der Waals surface area (Å²) in [5.74, 6) is 10.3.